The van der Waals surface area contributed by atoms with Crippen LogP contribution in [0.25, 0.3) is 88.4 Å². The molecule has 2 heteroatoms. The minimum Gasteiger partial charge on any atom is -0.309 e. The summed E-state index contributed by atoms with van der Waals surface area (Å²) in [4.78, 5) is 0. The van der Waals surface area contributed by atoms with Gasteiger partial charge in [-0.1, -0.05) is 129 Å². The van der Waals surface area contributed by atoms with Crippen molar-refractivity contribution in [3.05, 3.63) is 193 Å². The van der Waals surface area contributed by atoms with Crippen LogP contribution in [0, 0.1) is 0 Å². The Balaban J connectivity index is 1.04. The summed E-state index contributed by atoms with van der Waals surface area (Å²) in [6.45, 7) is 4.75. The molecule has 53 heavy (non-hydrogen) atoms. The second-order valence-corrected chi connectivity index (χ2v) is 15.0. The molecule has 250 valence electrons. The third-order valence-electron chi connectivity index (χ3n) is 11.7. The molecule has 0 amide bonds. The lowest BCUT2D eigenvalue weighted by Gasteiger charge is -2.23. The van der Waals surface area contributed by atoms with E-state index in [-0.39, 0.29) is 5.41 Å². The van der Waals surface area contributed by atoms with Crippen LogP contribution in [0.4, 0.5) is 0 Å². The van der Waals surface area contributed by atoms with E-state index in [4.69, 9.17) is 0 Å². The summed E-state index contributed by atoms with van der Waals surface area (Å²) < 4.78 is 4.84. The van der Waals surface area contributed by atoms with E-state index in [1.54, 1.807) is 0 Å². The van der Waals surface area contributed by atoms with Gasteiger partial charge in [0.15, 0.2) is 0 Å². The lowest BCUT2D eigenvalue weighted by atomic mass is 9.81. The molecule has 2 aromatic heterocycles. The minimum absolute atomic E-state index is 0.125. The number of aromatic nitrogens is 2. The molecular formula is C51H36N2. The highest BCUT2D eigenvalue weighted by Crippen LogP contribution is 2.50. The fraction of sp³-hybridized carbons (Fsp3) is 0.0588. The Bertz CT molecular complexity index is 3070. The third-order valence-corrected chi connectivity index (χ3v) is 11.7. The smallest absolute Gasteiger partial charge is 0.0541 e. The van der Waals surface area contributed by atoms with Gasteiger partial charge < -0.3 is 9.13 Å². The zero-order chi connectivity index (χ0) is 35.3. The highest BCUT2D eigenvalue weighted by atomic mass is 15.0. The van der Waals surface area contributed by atoms with Crippen LogP contribution in [0.2, 0.25) is 0 Å². The van der Waals surface area contributed by atoms with E-state index in [0.717, 1.165) is 0 Å². The molecule has 0 N–H and O–H groups in total. The maximum atomic E-state index is 2.46. The maximum Gasteiger partial charge on any atom is 0.0541 e. The van der Waals surface area contributed by atoms with Gasteiger partial charge in [-0.05, 0) is 111 Å². The monoisotopic (exact) mass is 676 g/mol. The second-order valence-electron chi connectivity index (χ2n) is 15.0. The van der Waals surface area contributed by atoms with Crippen LogP contribution in [0.15, 0.2) is 182 Å². The lowest BCUT2D eigenvalue weighted by molar-refractivity contribution is 0.660. The van der Waals surface area contributed by atoms with E-state index in [0.29, 0.717) is 0 Å². The molecule has 0 saturated carbocycles. The Labute approximate surface area is 308 Å². The van der Waals surface area contributed by atoms with Crippen LogP contribution in [-0.4, -0.2) is 9.13 Å². The molecular weight excluding hydrogens is 641 g/mol. The average molecular weight is 677 g/mol. The SMILES string of the molecule is CC1(C)c2cc(-c3ccccc3)ccc2-c2ccc(-n3c4ccccc4c4cc(-c5ccc6c(c5)c5ccccc5n6-c5ccccc5)ccc43)cc21. The van der Waals surface area contributed by atoms with Gasteiger partial charge in [-0.25, -0.2) is 0 Å². The molecule has 2 heterocycles. The molecule has 10 aromatic rings. The Morgan fingerprint density at radius 2 is 0.774 bits per heavy atom. The first-order chi connectivity index (χ1) is 26.0. The highest BCUT2D eigenvalue weighted by molar-refractivity contribution is 6.12. The van der Waals surface area contributed by atoms with Crippen LogP contribution in [0.3, 0.4) is 0 Å². The number of fused-ring (bicyclic) bond motifs is 9. The number of hydrogen-bond acceptors (Lipinski definition) is 0. The summed E-state index contributed by atoms with van der Waals surface area (Å²) in [7, 11) is 0. The van der Waals surface area contributed by atoms with Crippen LogP contribution >= 0.6 is 0 Å². The molecule has 1 aliphatic rings. The van der Waals surface area contributed by atoms with E-state index in [9.17, 15) is 0 Å². The first-order valence-corrected chi connectivity index (χ1v) is 18.5. The molecule has 0 atom stereocenters. The topological polar surface area (TPSA) is 9.86 Å². The van der Waals surface area contributed by atoms with E-state index < -0.39 is 0 Å². The fourth-order valence-corrected chi connectivity index (χ4v) is 9.11. The van der Waals surface area contributed by atoms with Crippen LogP contribution in [0.1, 0.15) is 25.0 Å². The molecule has 0 bridgehead atoms. The van der Waals surface area contributed by atoms with Crippen molar-refractivity contribution in [2.24, 2.45) is 0 Å². The van der Waals surface area contributed by atoms with Crippen molar-refractivity contribution < 1.29 is 0 Å². The summed E-state index contributed by atoms with van der Waals surface area (Å²) in [5.74, 6) is 0. The summed E-state index contributed by atoms with van der Waals surface area (Å²) in [5, 5.41) is 5.06. The first kappa shape index (κ1) is 30.0. The Morgan fingerprint density at radius 1 is 0.321 bits per heavy atom. The van der Waals surface area contributed by atoms with Gasteiger partial charge >= 0.3 is 0 Å². The zero-order valence-electron chi connectivity index (χ0n) is 29.7. The summed E-state index contributed by atoms with van der Waals surface area (Å²) >= 11 is 0. The van der Waals surface area contributed by atoms with Crippen LogP contribution < -0.4 is 0 Å². The predicted molar refractivity (Wildman–Crippen MR) is 224 cm³/mol. The van der Waals surface area contributed by atoms with Gasteiger partial charge in [-0.2, -0.15) is 0 Å². The molecule has 0 fully saturated rings. The normalized spacial score (nSPS) is 13.2. The fourth-order valence-electron chi connectivity index (χ4n) is 9.11. The number of nitrogens with zero attached hydrogens (tertiary/aromatic N) is 2. The maximum absolute atomic E-state index is 2.46. The van der Waals surface area contributed by atoms with Crippen molar-refractivity contribution in [1.82, 2.24) is 9.13 Å². The van der Waals surface area contributed by atoms with Gasteiger partial charge in [0, 0.05) is 38.3 Å². The standard InChI is InChI=1S/C51H36N2/c1-51(2)45-31-36(33-13-5-3-6-14-33)21-25-39(45)40-26-24-38(32-46(40)51)53-48-20-12-10-18-42(48)44-30-35(23-28-50(44)53)34-22-27-49-43(29-34)41-17-9-11-19-47(41)52(49)37-15-7-4-8-16-37/h3-32H,1-2H3. The van der Waals surface area contributed by atoms with Crippen LogP contribution in [-0.2, 0) is 5.41 Å². The molecule has 0 aliphatic heterocycles. The lowest BCUT2D eigenvalue weighted by Crippen LogP contribution is -2.15. The number of hydrogen-bond donors (Lipinski definition) is 0. The molecule has 1 aliphatic carbocycles. The summed E-state index contributed by atoms with van der Waals surface area (Å²) in [6, 6.07) is 67.1. The van der Waals surface area contributed by atoms with Crippen molar-refractivity contribution in [3.8, 4) is 44.8 Å². The van der Waals surface area contributed by atoms with Crippen LogP contribution in [0.5, 0.6) is 0 Å². The average Bonchev–Trinajstić information content (AvgIpc) is 3.80. The Kier molecular flexibility index (Phi) is 6.33. The van der Waals surface area contributed by atoms with Crippen molar-refractivity contribution in [2.75, 3.05) is 0 Å². The molecule has 0 unspecified atom stereocenters. The van der Waals surface area contributed by atoms with Crippen molar-refractivity contribution in [2.45, 2.75) is 19.3 Å². The number of rotatable bonds is 4. The molecule has 0 spiro atoms. The molecule has 2 nitrogen and oxygen atoms in total. The first-order valence-electron chi connectivity index (χ1n) is 18.5. The van der Waals surface area contributed by atoms with Gasteiger partial charge in [0.05, 0.1) is 22.1 Å². The number of para-hydroxylation sites is 3. The highest BCUT2D eigenvalue weighted by Gasteiger charge is 2.36. The van der Waals surface area contributed by atoms with E-state index in [1.807, 2.05) is 0 Å². The quantitative estimate of drug-likeness (QED) is 0.176. The van der Waals surface area contributed by atoms with Crippen molar-refractivity contribution in [3.63, 3.8) is 0 Å². The Morgan fingerprint density at radius 3 is 1.40 bits per heavy atom. The zero-order valence-corrected chi connectivity index (χ0v) is 29.7. The van der Waals surface area contributed by atoms with Gasteiger partial charge in [0.1, 0.15) is 0 Å². The second kappa shape index (κ2) is 11.2. The van der Waals surface area contributed by atoms with Crippen molar-refractivity contribution in [1.29, 1.82) is 0 Å². The molecule has 8 aromatic carbocycles. The van der Waals surface area contributed by atoms with E-state index in [1.165, 1.54) is 99.5 Å². The minimum atomic E-state index is -0.125. The van der Waals surface area contributed by atoms with E-state index >= 15 is 0 Å². The Hall–Kier alpha value is -6.64. The molecule has 0 saturated heterocycles. The molecule has 0 radical (unpaired) electrons. The predicted octanol–water partition coefficient (Wildman–Crippen LogP) is 13.5. The summed E-state index contributed by atoms with van der Waals surface area (Å²) in [6.07, 6.45) is 0. The van der Waals surface area contributed by atoms with Gasteiger partial charge in [0.25, 0.3) is 0 Å². The largest absolute Gasteiger partial charge is 0.309 e. The van der Waals surface area contributed by atoms with Crippen molar-refractivity contribution >= 4 is 43.6 Å². The molecule has 11 rings (SSSR count). The van der Waals surface area contributed by atoms with Gasteiger partial charge in [-0.15, -0.1) is 0 Å². The summed E-state index contributed by atoms with van der Waals surface area (Å²) in [5.41, 5.74) is 17.5. The number of benzene rings is 8. The van der Waals surface area contributed by atoms with Gasteiger partial charge in [0.2, 0.25) is 0 Å². The van der Waals surface area contributed by atoms with E-state index in [2.05, 4.69) is 205 Å². The third kappa shape index (κ3) is 4.39. The van der Waals surface area contributed by atoms with Gasteiger partial charge in [-0.3, -0.25) is 0 Å².